The van der Waals surface area contributed by atoms with Crippen molar-refractivity contribution < 1.29 is 23.8 Å². The molecular formula is C27H34FN3O4. The predicted molar refractivity (Wildman–Crippen MR) is 133 cm³/mol. The highest BCUT2D eigenvalue weighted by Crippen LogP contribution is 2.27. The number of urea groups is 1. The van der Waals surface area contributed by atoms with E-state index in [0.717, 1.165) is 16.8 Å². The summed E-state index contributed by atoms with van der Waals surface area (Å²) in [6.45, 7) is 5.48. The van der Waals surface area contributed by atoms with Crippen molar-refractivity contribution in [3.63, 3.8) is 0 Å². The molecule has 2 heterocycles. The molecule has 8 heteroatoms. The zero-order valence-corrected chi connectivity index (χ0v) is 20.3. The number of halogens is 1. The molecule has 1 N–H and O–H groups in total. The number of ether oxygens (including phenoxy) is 1. The number of hydrogen-bond donors (Lipinski definition) is 1. The minimum absolute atomic E-state index is 0.0909. The van der Waals surface area contributed by atoms with Crippen molar-refractivity contribution in [3.05, 3.63) is 65.2 Å². The molecule has 2 aliphatic heterocycles. The Morgan fingerprint density at radius 1 is 1.06 bits per heavy atom. The first-order chi connectivity index (χ1) is 16.9. The van der Waals surface area contributed by atoms with Crippen LogP contribution in [0.15, 0.2) is 48.5 Å². The topological polar surface area (TPSA) is 73.3 Å². The van der Waals surface area contributed by atoms with Gasteiger partial charge in [-0.2, -0.15) is 0 Å². The lowest BCUT2D eigenvalue weighted by molar-refractivity contribution is -0.0317. The van der Waals surface area contributed by atoms with E-state index in [4.69, 9.17) is 9.84 Å². The number of anilines is 1. The van der Waals surface area contributed by atoms with Gasteiger partial charge in [-0.05, 0) is 30.2 Å². The summed E-state index contributed by atoms with van der Waals surface area (Å²) in [7, 11) is 0. The maximum absolute atomic E-state index is 15.1. The lowest BCUT2D eigenvalue weighted by atomic mass is 9.95. The lowest BCUT2D eigenvalue weighted by Gasteiger charge is -2.41. The van der Waals surface area contributed by atoms with Crippen LogP contribution in [-0.2, 0) is 11.3 Å². The van der Waals surface area contributed by atoms with E-state index >= 15 is 4.39 Å². The molecule has 2 aliphatic rings. The summed E-state index contributed by atoms with van der Waals surface area (Å²) in [5.74, 6) is -0.336. The fourth-order valence-electron chi connectivity index (χ4n) is 4.70. The smallest absolute Gasteiger partial charge is 0.324 e. The Morgan fingerprint density at radius 2 is 1.74 bits per heavy atom. The van der Waals surface area contributed by atoms with Gasteiger partial charge in [0, 0.05) is 70.0 Å². The molecule has 35 heavy (non-hydrogen) atoms. The minimum atomic E-state index is -1.21. The van der Waals surface area contributed by atoms with Gasteiger partial charge in [0.1, 0.15) is 12.3 Å². The van der Waals surface area contributed by atoms with Crippen molar-refractivity contribution in [2.75, 3.05) is 57.4 Å². The Morgan fingerprint density at radius 3 is 2.37 bits per heavy atom. The van der Waals surface area contributed by atoms with Crippen LogP contribution < -0.4 is 4.90 Å². The number of alkyl halides is 1. The van der Waals surface area contributed by atoms with Crippen molar-refractivity contribution in [3.8, 4) is 0 Å². The quantitative estimate of drug-likeness (QED) is 0.611. The molecule has 2 fully saturated rings. The molecular weight excluding hydrogens is 449 g/mol. The van der Waals surface area contributed by atoms with Gasteiger partial charge in [-0.15, -0.1) is 0 Å². The third-order valence-electron chi connectivity index (χ3n) is 6.84. The summed E-state index contributed by atoms with van der Waals surface area (Å²) in [5.41, 5.74) is 1.97. The average molecular weight is 484 g/mol. The number of benzene rings is 2. The number of Topliss-reactive ketones (excluding diaryl/α,β-unsaturated/α-hetero) is 1. The number of amides is 2. The molecule has 0 bridgehead atoms. The summed E-state index contributed by atoms with van der Waals surface area (Å²) in [6, 6.07) is 14.7. The molecule has 2 aromatic rings. The highest BCUT2D eigenvalue weighted by atomic mass is 19.1. The number of nitrogens with zero attached hydrogens (tertiary/aromatic N) is 3. The van der Waals surface area contributed by atoms with E-state index in [-0.39, 0.29) is 11.8 Å². The molecule has 0 aromatic heterocycles. The number of carbonyl (C=O) groups is 2. The van der Waals surface area contributed by atoms with E-state index in [1.807, 2.05) is 48.2 Å². The van der Waals surface area contributed by atoms with Gasteiger partial charge in [0.2, 0.25) is 0 Å². The average Bonchev–Trinajstić information content (AvgIpc) is 2.87. The summed E-state index contributed by atoms with van der Waals surface area (Å²) >= 11 is 0. The predicted octanol–water partition coefficient (Wildman–Crippen LogP) is 3.43. The third-order valence-corrected chi connectivity index (χ3v) is 6.84. The van der Waals surface area contributed by atoms with Crippen LogP contribution in [0.4, 0.5) is 14.9 Å². The maximum atomic E-state index is 15.1. The second-order valence-electron chi connectivity index (χ2n) is 9.51. The van der Waals surface area contributed by atoms with E-state index in [0.29, 0.717) is 70.9 Å². The van der Waals surface area contributed by atoms with Crippen LogP contribution in [0.5, 0.6) is 0 Å². The number of ketones is 1. The summed E-state index contributed by atoms with van der Waals surface area (Å²) < 4.78 is 20.4. The van der Waals surface area contributed by atoms with Crippen molar-refractivity contribution in [1.82, 2.24) is 9.80 Å². The molecule has 2 aromatic carbocycles. The summed E-state index contributed by atoms with van der Waals surface area (Å²) in [4.78, 5) is 31.1. The van der Waals surface area contributed by atoms with E-state index in [2.05, 4.69) is 4.90 Å². The first kappa shape index (κ1) is 25.3. The van der Waals surface area contributed by atoms with Crippen molar-refractivity contribution >= 4 is 17.5 Å². The molecule has 0 atom stereocenters. The monoisotopic (exact) mass is 483 g/mol. The lowest BCUT2D eigenvalue weighted by Crippen LogP contribution is -2.55. The molecule has 0 unspecified atom stereocenters. The number of aliphatic hydroxyl groups excluding tert-OH is 1. The van der Waals surface area contributed by atoms with Gasteiger partial charge in [-0.25, -0.2) is 9.18 Å². The van der Waals surface area contributed by atoms with Crippen molar-refractivity contribution in [1.29, 1.82) is 0 Å². The highest BCUT2D eigenvalue weighted by Gasteiger charge is 2.36. The zero-order chi connectivity index (χ0) is 24.8. The first-order valence-electron chi connectivity index (χ1n) is 12.2. The van der Waals surface area contributed by atoms with Crippen LogP contribution in [0.1, 0.15) is 34.3 Å². The van der Waals surface area contributed by atoms with Crippen LogP contribution in [0, 0.1) is 6.92 Å². The fourth-order valence-corrected chi connectivity index (χ4v) is 4.70. The largest absolute Gasteiger partial charge is 0.388 e. The van der Waals surface area contributed by atoms with Crippen LogP contribution in [0.3, 0.4) is 0 Å². The maximum Gasteiger partial charge on any atom is 0.324 e. The molecule has 4 rings (SSSR count). The highest BCUT2D eigenvalue weighted by molar-refractivity contribution is 5.97. The van der Waals surface area contributed by atoms with E-state index in [1.165, 1.54) is 0 Å². The number of piperazine rings is 1. The second kappa shape index (κ2) is 11.3. The number of rotatable bonds is 7. The summed E-state index contributed by atoms with van der Waals surface area (Å²) in [6.07, 6.45) is 0.853. The van der Waals surface area contributed by atoms with E-state index in [1.54, 1.807) is 17.0 Å². The molecule has 2 saturated heterocycles. The Kier molecular flexibility index (Phi) is 8.15. The summed E-state index contributed by atoms with van der Waals surface area (Å²) in [5, 5.41) is 9.08. The van der Waals surface area contributed by atoms with Gasteiger partial charge in [0.15, 0.2) is 5.78 Å². The third kappa shape index (κ3) is 6.45. The van der Waals surface area contributed by atoms with Gasteiger partial charge < -0.3 is 14.7 Å². The van der Waals surface area contributed by atoms with Gasteiger partial charge in [-0.1, -0.05) is 36.4 Å². The van der Waals surface area contributed by atoms with Gasteiger partial charge in [0.25, 0.3) is 0 Å². The number of carbonyl (C=O) groups excluding carboxylic acids is 2. The molecule has 0 radical (unpaired) electrons. The Hall–Kier alpha value is -2.81. The van der Waals surface area contributed by atoms with Gasteiger partial charge in [-0.3, -0.25) is 14.6 Å². The minimum Gasteiger partial charge on any atom is -0.388 e. The molecule has 7 nitrogen and oxygen atoms in total. The van der Waals surface area contributed by atoms with Crippen molar-refractivity contribution in [2.24, 2.45) is 0 Å². The molecule has 0 spiro atoms. The zero-order valence-electron chi connectivity index (χ0n) is 20.3. The van der Waals surface area contributed by atoms with Gasteiger partial charge in [0.05, 0.1) is 6.54 Å². The fraction of sp³-hybridized carbons (Fsp3) is 0.481. The van der Waals surface area contributed by atoms with E-state index in [9.17, 15) is 9.59 Å². The number of aliphatic hydroxyl groups is 1. The Balaban J connectivity index is 1.44. The van der Waals surface area contributed by atoms with Crippen LogP contribution in [0.2, 0.25) is 0 Å². The van der Waals surface area contributed by atoms with Crippen LogP contribution >= 0.6 is 0 Å². The SMILES string of the molecule is Cc1cccc(N(Cc2ccc(C(=O)CO)cc2)C(=O)N2CCN(CC3(F)CCOCC3)CC2)c1. The van der Waals surface area contributed by atoms with Gasteiger partial charge >= 0.3 is 6.03 Å². The number of hydrogen-bond acceptors (Lipinski definition) is 5. The Labute approximate surface area is 206 Å². The standard InChI is InChI=1S/C27H34FN3O4/c1-21-3-2-4-24(17-21)31(18-22-5-7-23(8-6-22)25(33)19-32)26(34)30-13-11-29(12-14-30)20-27(28)9-15-35-16-10-27/h2-8,17,32H,9-16,18-20H2,1H3. The Bertz CT molecular complexity index is 1020. The normalized spacial score (nSPS) is 18.3. The van der Waals surface area contributed by atoms with E-state index < -0.39 is 12.3 Å². The second-order valence-corrected chi connectivity index (χ2v) is 9.51. The molecule has 2 amide bonds. The number of aryl methyl sites for hydroxylation is 1. The molecule has 0 aliphatic carbocycles. The van der Waals surface area contributed by atoms with Crippen LogP contribution in [-0.4, -0.2) is 84.9 Å². The van der Waals surface area contributed by atoms with Crippen LogP contribution in [0.25, 0.3) is 0 Å². The molecule has 0 saturated carbocycles. The molecule has 188 valence electrons. The van der Waals surface area contributed by atoms with Crippen molar-refractivity contribution in [2.45, 2.75) is 32.0 Å². The first-order valence-corrected chi connectivity index (χ1v) is 12.2.